The summed E-state index contributed by atoms with van der Waals surface area (Å²) in [6, 6.07) is 1.97. The van der Waals surface area contributed by atoms with E-state index in [0.29, 0.717) is 0 Å². The van der Waals surface area contributed by atoms with Crippen LogP contribution in [0.5, 0.6) is 0 Å². The van der Waals surface area contributed by atoms with Crippen LogP contribution in [0.4, 0.5) is 5.69 Å². The van der Waals surface area contributed by atoms with E-state index in [-0.39, 0.29) is 11.3 Å². The van der Waals surface area contributed by atoms with Crippen LogP contribution < -0.4 is 5.73 Å². The highest BCUT2D eigenvalue weighted by molar-refractivity contribution is 6.28. The molecule has 0 bridgehead atoms. The summed E-state index contributed by atoms with van der Waals surface area (Å²) >= 11 is 5.85. The summed E-state index contributed by atoms with van der Waals surface area (Å²) in [5, 5.41) is 0.239. The average molecular weight is 318 g/mol. The first-order valence-electron chi connectivity index (χ1n) is 7.08. The molecular formula is C16H20ClN5. The van der Waals surface area contributed by atoms with Crippen LogP contribution in [0.1, 0.15) is 48.1 Å². The highest BCUT2D eigenvalue weighted by Gasteiger charge is 2.10. The quantitative estimate of drug-likeness (QED) is 0.693. The average Bonchev–Trinajstić information content (AvgIpc) is 2.42. The van der Waals surface area contributed by atoms with Gasteiger partial charge in [0.15, 0.2) is 0 Å². The smallest absolute Gasteiger partial charge is 0.222 e. The van der Waals surface area contributed by atoms with Gasteiger partial charge in [0.2, 0.25) is 5.28 Å². The normalized spacial score (nSPS) is 13.3. The Kier molecular flexibility index (Phi) is 4.88. The Balaban J connectivity index is 2.48. The van der Waals surface area contributed by atoms with Crippen LogP contribution in [-0.2, 0) is 0 Å². The number of aliphatic imine (C=N–C) groups is 1. The maximum atomic E-state index is 5.99. The topological polar surface area (TPSA) is 77.0 Å². The second kappa shape index (κ2) is 6.50. The van der Waals surface area contributed by atoms with Gasteiger partial charge in [0.1, 0.15) is 5.69 Å². The fraction of sp³-hybridized carbons (Fsp3) is 0.375. The molecule has 0 aliphatic rings. The van der Waals surface area contributed by atoms with Gasteiger partial charge in [-0.3, -0.25) is 4.98 Å². The maximum Gasteiger partial charge on any atom is 0.222 e. The fourth-order valence-electron chi connectivity index (χ4n) is 2.27. The lowest BCUT2D eigenvalue weighted by Gasteiger charge is -2.11. The lowest BCUT2D eigenvalue weighted by atomic mass is 10.0. The Labute approximate surface area is 135 Å². The van der Waals surface area contributed by atoms with E-state index >= 15 is 0 Å². The summed E-state index contributed by atoms with van der Waals surface area (Å²) in [5.74, 6) is 0. The zero-order chi connectivity index (χ0) is 16.4. The standard InChI is InChI=1S/C16H20ClN5/c1-8(18)14-6-13(7-19-10(14)3)9(2)20-15-11(4)21-16(17)22-12(15)5/h6-8H,18H2,1-5H3. The third-order valence-corrected chi connectivity index (χ3v) is 3.69. The predicted octanol–water partition coefficient (Wildman–Crippen LogP) is 3.61. The molecule has 0 aliphatic carbocycles. The summed E-state index contributed by atoms with van der Waals surface area (Å²) in [5.41, 5.74) is 12.0. The molecule has 2 N–H and O–H groups in total. The first kappa shape index (κ1) is 16.5. The van der Waals surface area contributed by atoms with Gasteiger partial charge < -0.3 is 5.73 Å². The van der Waals surface area contributed by atoms with Crippen LogP contribution in [0.15, 0.2) is 17.3 Å². The van der Waals surface area contributed by atoms with Gasteiger partial charge in [0.25, 0.3) is 0 Å². The largest absolute Gasteiger partial charge is 0.324 e. The van der Waals surface area contributed by atoms with Crippen molar-refractivity contribution in [1.82, 2.24) is 15.0 Å². The molecule has 22 heavy (non-hydrogen) atoms. The van der Waals surface area contributed by atoms with Crippen molar-refractivity contribution in [3.05, 3.63) is 45.8 Å². The van der Waals surface area contributed by atoms with E-state index in [9.17, 15) is 0 Å². The Morgan fingerprint density at radius 3 is 2.32 bits per heavy atom. The molecule has 0 amide bonds. The zero-order valence-corrected chi connectivity index (χ0v) is 14.2. The Morgan fingerprint density at radius 1 is 1.18 bits per heavy atom. The van der Waals surface area contributed by atoms with Crippen LogP contribution >= 0.6 is 11.6 Å². The number of rotatable bonds is 3. The molecular weight excluding hydrogens is 298 g/mol. The van der Waals surface area contributed by atoms with Crippen LogP contribution in [0.3, 0.4) is 0 Å². The molecule has 6 heteroatoms. The monoisotopic (exact) mass is 317 g/mol. The fourth-order valence-corrected chi connectivity index (χ4v) is 2.53. The Bertz CT molecular complexity index is 714. The van der Waals surface area contributed by atoms with E-state index in [0.717, 1.165) is 39.6 Å². The molecule has 2 aromatic heterocycles. The molecule has 2 heterocycles. The van der Waals surface area contributed by atoms with Crippen LogP contribution in [0.25, 0.3) is 0 Å². The summed E-state index contributed by atoms with van der Waals surface area (Å²) in [4.78, 5) is 17.4. The van der Waals surface area contributed by atoms with E-state index in [1.54, 1.807) is 0 Å². The summed E-state index contributed by atoms with van der Waals surface area (Å²) < 4.78 is 0. The lowest BCUT2D eigenvalue weighted by molar-refractivity contribution is 0.799. The van der Waals surface area contributed by atoms with Crippen molar-refractivity contribution < 1.29 is 0 Å². The first-order valence-corrected chi connectivity index (χ1v) is 7.46. The molecule has 0 aromatic carbocycles. The molecule has 5 nitrogen and oxygen atoms in total. The number of aryl methyl sites for hydroxylation is 3. The molecule has 0 spiro atoms. The number of nitrogens with two attached hydrogens (primary N) is 1. The number of hydrogen-bond donors (Lipinski definition) is 1. The molecule has 116 valence electrons. The second-order valence-corrected chi connectivity index (χ2v) is 5.73. The minimum atomic E-state index is -0.0670. The molecule has 0 aliphatic heterocycles. The third-order valence-electron chi connectivity index (χ3n) is 3.52. The summed E-state index contributed by atoms with van der Waals surface area (Å²) in [6.07, 6.45) is 1.81. The van der Waals surface area contributed by atoms with Gasteiger partial charge >= 0.3 is 0 Å². The van der Waals surface area contributed by atoms with Gasteiger partial charge in [-0.05, 0) is 57.8 Å². The molecule has 0 saturated heterocycles. The van der Waals surface area contributed by atoms with Crippen molar-refractivity contribution in [2.75, 3.05) is 0 Å². The lowest BCUT2D eigenvalue weighted by Crippen LogP contribution is -2.10. The minimum Gasteiger partial charge on any atom is -0.324 e. The first-order chi connectivity index (χ1) is 10.3. The van der Waals surface area contributed by atoms with Crippen LogP contribution in [0, 0.1) is 20.8 Å². The second-order valence-electron chi connectivity index (χ2n) is 5.40. The van der Waals surface area contributed by atoms with Crippen molar-refractivity contribution >= 4 is 23.0 Å². The van der Waals surface area contributed by atoms with Gasteiger partial charge in [-0.15, -0.1) is 0 Å². The zero-order valence-electron chi connectivity index (χ0n) is 13.5. The van der Waals surface area contributed by atoms with Gasteiger partial charge in [-0.2, -0.15) is 0 Å². The Morgan fingerprint density at radius 2 is 1.77 bits per heavy atom. The Hall–Kier alpha value is -1.85. The van der Waals surface area contributed by atoms with Crippen molar-refractivity contribution in [2.45, 2.75) is 40.7 Å². The summed E-state index contributed by atoms with van der Waals surface area (Å²) in [6.45, 7) is 9.57. The summed E-state index contributed by atoms with van der Waals surface area (Å²) in [7, 11) is 0. The molecule has 1 unspecified atom stereocenters. The van der Waals surface area contributed by atoms with Crippen molar-refractivity contribution in [2.24, 2.45) is 10.7 Å². The number of halogens is 1. The van der Waals surface area contributed by atoms with E-state index < -0.39 is 0 Å². The molecule has 2 aromatic rings. The highest BCUT2D eigenvalue weighted by Crippen LogP contribution is 2.23. The third kappa shape index (κ3) is 3.48. The molecule has 0 radical (unpaired) electrons. The number of aromatic nitrogens is 3. The molecule has 1 atom stereocenters. The number of hydrogen-bond acceptors (Lipinski definition) is 5. The van der Waals surface area contributed by atoms with E-state index in [1.807, 2.05) is 46.9 Å². The number of nitrogens with zero attached hydrogens (tertiary/aromatic N) is 4. The van der Waals surface area contributed by atoms with Crippen LogP contribution in [0.2, 0.25) is 5.28 Å². The van der Waals surface area contributed by atoms with E-state index in [4.69, 9.17) is 17.3 Å². The van der Waals surface area contributed by atoms with Crippen molar-refractivity contribution in [1.29, 1.82) is 0 Å². The van der Waals surface area contributed by atoms with Crippen molar-refractivity contribution in [3.63, 3.8) is 0 Å². The van der Waals surface area contributed by atoms with Gasteiger partial charge in [-0.25, -0.2) is 15.0 Å². The predicted molar refractivity (Wildman–Crippen MR) is 90.0 cm³/mol. The minimum absolute atomic E-state index is 0.0670. The maximum absolute atomic E-state index is 5.99. The van der Waals surface area contributed by atoms with Gasteiger partial charge in [0.05, 0.1) is 11.4 Å². The van der Waals surface area contributed by atoms with Crippen molar-refractivity contribution in [3.8, 4) is 0 Å². The van der Waals surface area contributed by atoms with Crippen LogP contribution in [-0.4, -0.2) is 20.7 Å². The van der Waals surface area contributed by atoms with Gasteiger partial charge in [-0.1, -0.05) is 0 Å². The highest BCUT2D eigenvalue weighted by atomic mass is 35.5. The molecule has 0 saturated carbocycles. The number of pyridine rings is 1. The SMILES string of the molecule is CC(=Nc1c(C)nc(Cl)nc1C)c1cnc(C)c(C(C)N)c1. The van der Waals surface area contributed by atoms with E-state index in [1.165, 1.54) is 0 Å². The van der Waals surface area contributed by atoms with E-state index in [2.05, 4.69) is 19.9 Å². The molecule has 0 fully saturated rings. The molecule has 2 rings (SSSR count). The van der Waals surface area contributed by atoms with Gasteiger partial charge in [0, 0.05) is 29.2 Å².